The Morgan fingerprint density at radius 2 is 2.00 bits per heavy atom. The summed E-state index contributed by atoms with van der Waals surface area (Å²) < 4.78 is 0. The molecule has 0 saturated heterocycles. The number of Topliss-reactive ketones (excluding diaryl/α,β-unsaturated/α-hetero) is 1. The van der Waals surface area contributed by atoms with Gasteiger partial charge in [0, 0.05) is 5.92 Å². The van der Waals surface area contributed by atoms with Crippen LogP contribution in [-0.4, -0.2) is 5.78 Å². The van der Waals surface area contributed by atoms with E-state index in [9.17, 15) is 4.79 Å². The van der Waals surface area contributed by atoms with Gasteiger partial charge >= 0.3 is 0 Å². The molecule has 66 valence electrons. The Morgan fingerprint density at radius 3 is 2.54 bits per heavy atom. The Bertz CT molecular complexity index is 351. The van der Waals surface area contributed by atoms with Gasteiger partial charge in [0.25, 0.3) is 0 Å². The highest BCUT2D eigenvalue weighted by Crippen LogP contribution is 2.56. The molecule has 0 amide bonds. The fourth-order valence-corrected chi connectivity index (χ4v) is 2.91. The third kappa shape index (κ3) is 0.749. The molecule has 0 spiro atoms. The van der Waals surface area contributed by atoms with Gasteiger partial charge in [0.15, 0.2) is 0 Å². The van der Waals surface area contributed by atoms with Crippen LogP contribution in [0.4, 0.5) is 0 Å². The van der Waals surface area contributed by atoms with Crippen LogP contribution in [0.1, 0.15) is 24.8 Å². The average Bonchev–Trinajstić information content (AvgIpc) is 2.76. The van der Waals surface area contributed by atoms with Gasteiger partial charge in [-0.05, 0) is 24.8 Å². The van der Waals surface area contributed by atoms with E-state index in [0.29, 0.717) is 11.7 Å². The fourth-order valence-electron chi connectivity index (χ4n) is 2.91. The third-order valence-corrected chi connectivity index (χ3v) is 3.68. The molecule has 3 saturated carbocycles. The second kappa shape index (κ2) is 2.22. The maximum Gasteiger partial charge on any atom is 0.146 e. The van der Waals surface area contributed by atoms with Crippen molar-refractivity contribution in [2.24, 2.45) is 5.92 Å². The van der Waals surface area contributed by atoms with E-state index in [0.717, 1.165) is 19.3 Å². The molecular weight excluding hydrogens is 160 g/mol. The van der Waals surface area contributed by atoms with Gasteiger partial charge in [0.2, 0.25) is 0 Å². The van der Waals surface area contributed by atoms with Crippen molar-refractivity contribution in [2.75, 3.05) is 0 Å². The minimum atomic E-state index is -0.0497. The van der Waals surface area contributed by atoms with Gasteiger partial charge in [-0.15, -0.1) is 0 Å². The van der Waals surface area contributed by atoms with Crippen LogP contribution in [-0.2, 0) is 10.2 Å². The third-order valence-electron chi connectivity index (χ3n) is 3.68. The molecule has 0 aliphatic heterocycles. The highest BCUT2D eigenvalue weighted by molar-refractivity contribution is 6.00. The summed E-state index contributed by atoms with van der Waals surface area (Å²) >= 11 is 0. The Kier molecular flexibility index (Phi) is 1.25. The first kappa shape index (κ1) is 7.31. The molecule has 2 unspecified atom stereocenters. The lowest BCUT2D eigenvalue weighted by Crippen LogP contribution is -2.44. The average molecular weight is 172 g/mol. The normalized spacial score (nSPS) is 36.0. The number of rotatable bonds is 1. The first-order valence-electron chi connectivity index (χ1n) is 4.93. The molecule has 3 aliphatic carbocycles. The number of benzene rings is 1. The van der Waals surface area contributed by atoms with Gasteiger partial charge in [0.1, 0.15) is 5.78 Å². The van der Waals surface area contributed by atoms with Gasteiger partial charge in [-0.1, -0.05) is 30.3 Å². The van der Waals surface area contributed by atoms with E-state index in [4.69, 9.17) is 0 Å². The van der Waals surface area contributed by atoms with Crippen molar-refractivity contribution >= 4 is 5.78 Å². The van der Waals surface area contributed by atoms with Gasteiger partial charge in [-0.3, -0.25) is 4.79 Å². The lowest BCUT2D eigenvalue weighted by molar-refractivity contribution is -0.133. The number of hydrogen-bond acceptors (Lipinski definition) is 1. The molecule has 13 heavy (non-hydrogen) atoms. The molecule has 1 heteroatoms. The first-order valence-corrected chi connectivity index (χ1v) is 4.93. The lowest BCUT2D eigenvalue weighted by atomic mass is 9.64. The summed E-state index contributed by atoms with van der Waals surface area (Å²) in [6, 6.07) is 10.3. The predicted octanol–water partition coefficient (Wildman–Crippen LogP) is 2.31. The minimum absolute atomic E-state index is 0.0497. The maximum atomic E-state index is 11.7. The quantitative estimate of drug-likeness (QED) is 0.635. The van der Waals surface area contributed by atoms with E-state index in [-0.39, 0.29) is 5.41 Å². The zero-order valence-electron chi connectivity index (χ0n) is 7.49. The maximum absolute atomic E-state index is 11.7. The molecule has 2 bridgehead atoms. The van der Waals surface area contributed by atoms with Crippen LogP contribution in [0, 0.1) is 5.92 Å². The zero-order chi connectivity index (χ0) is 8.89. The molecule has 0 N–H and O–H groups in total. The van der Waals surface area contributed by atoms with Crippen LogP contribution >= 0.6 is 0 Å². The van der Waals surface area contributed by atoms with E-state index in [1.54, 1.807) is 0 Å². The molecule has 1 aromatic carbocycles. The molecule has 1 nitrogen and oxygen atoms in total. The van der Waals surface area contributed by atoms with Crippen LogP contribution < -0.4 is 0 Å². The van der Waals surface area contributed by atoms with Crippen molar-refractivity contribution < 1.29 is 4.79 Å². The standard InChI is InChI=1S/C12H12O/c13-11-9-6-7-12(11,8-9)10-4-2-1-3-5-10/h1-5,9H,6-8H2. The molecule has 0 radical (unpaired) electrons. The van der Waals surface area contributed by atoms with Crippen LogP contribution in [0.15, 0.2) is 30.3 Å². The molecule has 3 aliphatic rings. The van der Waals surface area contributed by atoms with Crippen LogP contribution in [0.25, 0.3) is 0 Å². The second-order valence-corrected chi connectivity index (χ2v) is 4.25. The topological polar surface area (TPSA) is 17.1 Å². The van der Waals surface area contributed by atoms with Crippen molar-refractivity contribution in [1.29, 1.82) is 0 Å². The highest BCUT2D eigenvalue weighted by Gasteiger charge is 2.59. The monoisotopic (exact) mass is 172 g/mol. The van der Waals surface area contributed by atoms with Crippen LogP contribution in [0.5, 0.6) is 0 Å². The summed E-state index contributed by atoms with van der Waals surface area (Å²) in [5.74, 6) is 0.902. The van der Waals surface area contributed by atoms with Crippen LogP contribution in [0.3, 0.4) is 0 Å². The minimum Gasteiger partial charge on any atom is -0.298 e. The molecule has 3 fully saturated rings. The highest BCUT2D eigenvalue weighted by atomic mass is 16.1. The summed E-state index contributed by atoms with van der Waals surface area (Å²) in [6.07, 6.45) is 3.31. The summed E-state index contributed by atoms with van der Waals surface area (Å²) in [5, 5.41) is 0. The molecule has 4 rings (SSSR count). The van der Waals surface area contributed by atoms with Crippen molar-refractivity contribution in [1.82, 2.24) is 0 Å². The number of ketones is 1. The van der Waals surface area contributed by atoms with Crippen LogP contribution in [0.2, 0.25) is 0 Å². The van der Waals surface area contributed by atoms with Gasteiger partial charge in [-0.25, -0.2) is 0 Å². The zero-order valence-corrected chi connectivity index (χ0v) is 7.49. The number of hydrogen-bond donors (Lipinski definition) is 0. The number of fused-ring (bicyclic) bond motifs is 1. The van der Waals surface area contributed by atoms with E-state index >= 15 is 0 Å². The fraction of sp³-hybridized carbons (Fsp3) is 0.417. The Hall–Kier alpha value is -1.11. The largest absolute Gasteiger partial charge is 0.298 e. The SMILES string of the molecule is O=C1C2CCC1(c1ccccc1)C2. The van der Waals surface area contributed by atoms with Gasteiger partial charge in [0.05, 0.1) is 5.41 Å². The van der Waals surface area contributed by atoms with Crippen molar-refractivity contribution in [3.63, 3.8) is 0 Å². The molecule has 2 atom stereocenters. The van der Waals surface area contributed by atoms with Crippen molar-refractivity contribution in [3.8, 4) is 0 Å². The Balaban J connectivity index is 2.07. The number of carbonyl (C=O) groups is 1. The summed E-state index contributed by atoms with van der Waals surface area (Å²) in [7, 11) is 0. The van der Waals surface area contributed by atoms with E-state index in [2.05, 4.69) is 12.1 Å². The lowest BCUT2D eigenvalue weighted by Gasteiger charge is -2.36. The van der Waals surface area contributed by atoms with Crippen molar-refractivity contribution in [2.45, 2.75) is 24.7 Å². The second-order valence-electron chi connectivity index (χ2n) is 4.25. The Morgan fingerprint density at radius 1 is 1.23 bits per heavy atom. The summed E-state index contributed by atoms with van der Waals surface area (Å²) in [6.45, 7) is 0. The number of carbonyl (C=O) groups excluding carboxylic acids is 1. The van der Waals surface area contributed by atoms with Crippen molar-refractivity contribution in [3.05, 3.63) is 35.9 Å². The molecule has 0 heterocycles. The Labute approximate surface area is 77.8 Å². The molecule has 0 aromatic heterocycles. The molecular formula is C12H12O. The van der Waals surface area contributed by atoms with E-state index in [1.165, 1.54) is 5.56 Å². The van der Waals surface area contributed by atoms with E-state index < -0.39 is 0 Å². The smallest absolute Gasteiger partial charge is 0.146 e. The molecule has 1 aromatic rings. The van der Waals surface area contributed by atoms with E-state index in [1.807, 2.05) is 18.2 Å². The van der Waals surface area contributed by atoms with Gasteiger partial charge < -0.3 is 0 Å². The van der Waals surface area contributed by atoms with Gasteiger partial charge in [-0.2, -0.15) is 0 Å². The first-order chi connectivity index (χ1) is 6.33. The predicted molar refractivity (Wildman–Crippen MR) is 50.5 cm³/mol. The summed E-state index contributed by atoms with van der Waals surface area (Å²) in [5.41, 5.74) is 1.19. The summed E-state index contributed by atoms with van der Waals surface area (Å²) in [4.78, 5) is 11.7.